The second-order valence-electron chi connectivity index (χ2n) is 11.2. The molecule has 40 heavy (non-hydrogen) atoms. The molecule has 1 saturated heterocycles. The first-order valence-electron chi connectivity index (χ1n) is 13.1. The van der Waals surface area contributed by atoms with E-state index in [2.05, 4.69) is 15.0 Å². The Morgan fingerprint density at radius 3 is 2.52 bits per heavy atom. The lowest BCUT2D eigenvalue weighted by Crippen LogP contribution is -2.51. The molecular weight excluding hydrogens is 549 g/mol. The summed E-state index contributed by atoms with van der Waals surface area (Å²) in [5, 5.41) is 0.210. The van der Waals surface area contributed by atoms with Crippen LogP contribution in [0.2, 0.25) is 5.15 Å². The minimum absolute atomic E-state index is 0.0229. The molecule has 0 N–H and O–H groups in total. The molecule has 5 rings (SSSR count). The molecule has 214 valence electrons. The lowest BCUT2D eigenvalue weighted by molar-refractivity contribution is -0.135. The lowest BCUT2D eigenvalue weighted by Gasteiger charge is -2.38. The van der Waals surface area contributed by atoms with Crippen molar-refractivity contribution >= 4 is 40.5 Å². The van der Waals surface area contributed by atoms with Crippen molar-refractivity contribution < 1.29 is 27.5 Å². The summed E-state index contributed by atoms with van der Waals surface area (Å²) in [6, 6.07) is 5.05. The molecule has 0 radical (unpaired) electrons. The molecule has 0 aliphatic carbocycles. The van der Waals surface area contributed by atoms with Crippen LogP contribution in [0.15, 0.2) is 30.6 Å². The van der Waals surface area contributed by atoms with Crippen molar-refractivity contribution in [3.05, 3.63) is 47.1 Å². The zero-order chi connectivity index (χ0) is 28.9. The summed E-state index contributed by atoms with van der Waals surface area (Å²) >= 11 is 6.05. The van der Waals surface area contributed by atoms with Crippen LogP contribution in [-0.2, 0) is 28.0 Å². The number of carbonyl (C=O) groups is 2. The monoisotopic (exact) mass is 578 g/mol. The highest BCUT2D eigenvalue weighted by Gasteiger charge is 2.53. The molecule has 13 heteroatoms. The van der Waals surface area contributed by atoms with E-state index in [1.165, 1.54) is 0 Å². The number of imidazole rings is 1. The van der Waals surface area contributed by atoms with Gasteiger partial charge in [-0.2, -0.15) is 13.2 Å². The predicted molar refractivity (Wildman–Crippen MR) is 142 cm³/mol. The molecule has 2 amide bonds. The predicted octanol–water partition coefficient (Wildman–Crippen LogP) is 5.64. The van der Waals surface area contributed by atoms with Crippen LogP contribution in [0, 0.1) is 0 Å². The molecule has 0 aromatic carbocycles. The van der Waals surface area contributed by atoms with Gasteiger partial charge >= 0.3 is 12.3 Å². The fourth-order valence-corrected chi connectivity index (χ4v) is 5.65. The summed E-state index contributed by atoms with van der Waals surface area (Å²) in [5.74, 6) is 0.248. The zero-order valence-corrected chi connectivity index (χ0v) is 23.2. The third kappa shape index (κ3) is 5.45. The lowest BCUT2D eigenvalue weighted by atomic mass is 9.74. The van der Waals surface area contributed by atoms with Gasteiger partial charge in [0.2, 0.25) is 5.91 Å². The highest BCUT2D eigenvalue weighted by Crippen LogP contribution is 2.48. The summed E-state index contributed by atoms with van der Waals surface area (Å²) in [6.45, 7) is 6.17. The van der Waals surface area contributed by atoms with Crippen molar-refractivity contribution in [3.63, 3.8) is 0 Å². The molecule has 0 saturated carbocycles. The van der Waals surface area contributed by atoms with Crippen molar-refractivity contribution in [1.29, 1.82) is 0 Å². The van der Waals surface area contributed by atoms with Crippen molar-refractivity contribution in [1.82, 2.24) is 24.4 Å². The van der Waals surface area contributed by atoms with Crippen molar-refractivity contribution in [3.8, 4) is 0 Å². The molecule has 1 fully saturated rings. The van der Waals surface area contributed by atoms with Gasteiger partial charge in [-0.15, -0.1) is 0 Å². The Balaban J connectivity index is 1.43. The second-order valence-corrected chi connectivity index (χ2v) is 11.6. The van der Waals surface area contributed by atoms with E-state index in [1.54, 1.807) is 59.7 Å². The average Bonchev–Trinajstić information content (AvgIpc) is 3.31. The minimum atomic E-state index is -4.28. The van der Waals surface area contributed by atoms with Crippen molar-refractivity contribution in [2.24, 2.45) is 0 Å². The number of anilines is 1. The maximum absolute atomic E-state index is 14.1. The van der Waals surface area contributed by atoms with Gasteiger partial charge in [-0.1, -0.05) is 11.6 Å². The van der Waals surface area contributed by atoms with Gasteiger partial charge in [0.1, 0.15) is 16.6 Å². The van der Waals surface area contributed by atoms with Gasteiger partial charge in [-0.3, -0.25) is 9.78 Å². The molecule has 0 unspecified atom stereocenters. The summed E-state index contributed by atoms with van der Waals surface area (Å²) in [5.41, 5.74) is 0.795. The van der Waals surface area contributed by atoms with E-state index in [-0.39, 0.29) is 30.6 Å². The van der Waals surface area contributed by atoms with Crippen LogP contribution < -0.4 is 4.90 Å². The van der Waals surface area contributed by atoms with E-state index in [1.807, 2.05) is 6.07 Å². The van der Waals surface area contributed by atoms with E-state index < -0.39 is 29.7 Å². The molecule has 0 atom stereocenters. The number of carbonyl (C=O) groups excluding carboxylic acids is 2. The fourth-order valence-electron chi connectivity index (χ4n) is 5.51. The Morgan fingerprint density at radius 2 is 1.85 bits per heavy atom. The van der Waals surface area contributed by atoms with Gasteiger partial charge in [0.05, 0.1) is 29.4 Å². The van der Waals surface area contributed by atoms with Crippen LogP contribution in [0.5, 0.6) is 0 Å². The highest BCUT2D eigenvalue weighted by molar-refractivity contribution is 6.29. The van der Waals surface area contributed by atoms with Crippen LogP contribution in [0.1, 0.15) is 57.8 Å². The third-order valence-corrected chi connectivity index (χ3v) is 7.54. The summed E-state index contributed by atoms with van der Waals surface area (Å²) < 4.78 is 45.9. The molecule has 2 aliphatic rings. The average molecular weight is 579 g/mol. The number of piperidine rings is 1. The molecule has 3 aromatic heterocycles. The SMILES string of the molecule is CC(C)(C)OC(=O)N1CCC2(CC1)C(=O)N(Cc1nc3nc(Cl)ccc3n1CCCC(F)(F)F)c1cnccc12. The van der Waals surface area contributed by atoms with E-state index in [0.717, 1.165) is 5.56 Å². The topological polar surface area (TPSA) is 93.5 Å². The Labute approximate surface area is 234 Å². The maximum Gasteiger partial charge on any atom is 0.410 e. The van der Waals surface area contributed by atoms with Crippen LogP contribution >= 0.6 is 11.6 Å². The van der Waals surface area contributed by atoms with Gasteiger partial charge in [-0.25, -0.2) is 14.8 Å². The first-order valence-corrected chi connectivity index (χ1v) is 13.5. The molecular formula is C27H30ClF3N6O3. The fraction of sp³-hybridized carbons (Fsp3) is 0.519. The van der Waals surface area contributed by atoms with Crippen molar-refractivity contribution in [2.75, 3.05) is 18.0 Å². The number of rotatable bonds is 5. The van der Waals surface area contributed by atoms with Crippen LogP contribution in [-0.4, -0.2) is 61.3 Å². The molecule has 1 spiro atoms. The summed E-state index contributed by atoms with van der Waals surface area (Å²) in [7, 11) is 0. The number of nitrogens with zero attached hydrogens (tertiary/aromatic N) is 6. The molecule has 2 aliphatic heterocycles. The van der Waals surface area contributed by atoms with Gasteiger partial charge in [0.15, 0.2) is 5.65 Å². The number of hydrogen-bond donors (Lipinski definition) is 0. The number of pyridine rings is 2. The smallest absolute Gasteiger partial charge is 0.410 e. The number of aromatic nitrogens is 4. The van der Waals surface area contributed by atoms with Gasteiger partial charge in [0, 0.05) is 32.3 Å². The number of amides is 2. The number of hydrogen-bond acceptors (Lipinski definition) is 6. The van der Waals surface area contributed by atoms with Crippen LogP contribution in [0.4, 0.5) is 23.7 Å². The highest BCUT2D eigenvalue weighted by atomic mass is 35.5. The standard InChI is InChI=1S/C27H30ClF3N6O3/c1-25(2,3)40-24(39)35-13-9-26(10-14-35)17-7-11-32-15-19(17)37(23(26)38)16-21-34-22-18(5-6-20(28)33-22)36(21)12-4-8-27(29,30)31/h5-7,11,15H,4,8-10,12-14,16H2,1-3H3. The van der Waals surface area contributed by atoms with E-state index in [0.29, 0.717) is 48.6 Å². The summed E-state index contributed by atoms with van der Waals surface area (Å²) in [6.07, 6.45) is -1.74. The van der Waals surface area contributed by atoms with E-state index in [4.69, 9.17) is 16.3 Å². The van der Waals surface area contributed by atoms with E-state index in [9.17, 15) is 22.8 Å². The molecule has 5 heterocycles. The molecule has 9 nitrogen and oxygen atoms in total. The number of likely N-dealkylation sites (tertiary alicyclic amines) is 1. The first kappa shape index (κ1) is 28.1. The number of fused-ring (bicyclic) bond motifs is 3. The molecule has 3 aromatic rings. The van der Waals surface area contributed by atoms with Crippen LogP contribution in [0.3, 0.4) is 0 Å². The van der Waals surface area contributed by atoms with E-state index >= 15 is 0 Å². The first-order chi connectivity index (χ1) is 18.8. The minimum Gasteiger partial charge on any atom is -0.444 e. The van der Waals surface area contributed by atoms with Crippen LogP contribution in [0.25, 0.3) is 11.2 Å². The van der Waals surface area contributed by atoms with Gasteiger partial charge in [-0.05, 0) is 63.8 Å². The largest absolute Gasteiger partial charge is 0.444 e. The Morgan fingerprint density at radius 1 is 1.12 bits per heavy atom. The Hall–Kier alpha value is -3.41. The summed E-state index contributed by atoms with van der Waals surface area (Å²) in [4.78, 5) is 43.0. The third-order valence-electron chi connectivity index (χ3n) is 7.33. The van der Waals surface area contributed by atoms with Gasteiger partial charge < -0.3 is 19.1 Å². The number of ether oxygens (including phenoxy) is 1. The maximum atomic E-state index is 14.1. The Kier molecular flexibility index (Phi) is 7.18. The number of alkyl halides is 3. The zero-order valence-electron chi connectivity index (χ0n) is 22.5. The number of halogens is 4. The quantitative estimate of drug-likeness (QED) is 0.364. The van der Waals surface area contributed by atoms with Crippen molar-refractivity contribution in [2.45, 2.75) is 76.7 Å². The number of aryl methyl sites for hydroxylation is 1. The molecule has 0 bridgehead atoms. The normalized spacial score (nSPS) is 17.1. The second kappa shape index (κ2) is 10.2. The Bertz CT molecular complexity index is 1440. The van der Waals surface area contributed by atoms with Gasteiger partial charge in [0.25, 0.3) is 0 Å².